The minimum Gasteiger partial charge on any atom is -0.491 e. The summed E-state index contributed by atoms with van der Waals surface area (Å²) in [5, 5.41) is 6.38. The number of fused-ring (bicyclic) bond motifs is 1. The molecule has 2 aromatic heterocycles. The number of carbonyl (C=O) groups excluding carboxylic acids is 1. The first-order chi connectivity index (χ1) is 15.2. The molecule has 0 radical (unpaired) electrons. The molecule has 31 heavy (non-hydrogen) atoms. The highest BCUT2D eigenvalue weighted by Gasteiger charge is 2.23. The maximum atomic E-state index is 13.1. The standard InChI is InChI=1S/C24H28N4O2S/c1-17-11-21(23(29)25-19-12-18-7-3-4-8-22(18)30-15-19)28(13-17)14-20-16-31-24(26-20)27-9-5-2-6-10-27/h3-4,7-8,11,13,16,19H,2,5-6,9-10,12,14-15H2,1H3,(H,25,29). The molecule has 1 amide bonds. The topological polar surface area (TPSA) is 59.4 Å². The maximum Gasteiger partial charge on any atom is 0.268 e. The van der Waals surface area contributed by atoms with Crippen LogP contribution in [0, 0.1) is 6.92 Å². The van der Waals surface area contributed by atoms with Crippen molar-refractivity contribution in [2.45, 2.75) is 45.2 Å². The molecule has 1 fully saturated rings. The minimum atomic E-state index is -0.0624. The summed E-state index contributed by atoms with van der Waals surface area (Å²) in [5.41, 5.74) is 3.88. The molecule has 0 aliphatic carbocycles. The molecule has 5 rings (SSSR count). The number of piperidine rings is 1. The number of aromatic nitrogens is 2. The fourth-order valence-corrected chi connectivity index (χ4v) is 5.30. The van der Waals surface area contributed by atoms with Gasteiger partial charge in [0.2, 0.25) is 0 Å². The van der Waals surface area contributed by atoms with Gasteiger partial charge in [-0.3, -0.25) is 4.79 Å². The maximum absolute atomic E-state index is 13.1. The fourth-order valence-electron chi connectivity index (χ4n) is 4.43. The molecule has 2 aliphatic heterocycles. The van der Waals surface area contributed by atoms with E-state index in [0.29, 0.717) is 18.8 Å². The average molecular weight is 437 g/mol. The zero-order chi connectivity index (χ0) is 21.2. The predicted molar refractivity (Wildman–Crippen MR) is 123 cm³/mol. The van der Waals surface area contributed by atoms with E-state index in [-0.39, 0.29) is 11.9 Å². The quantitative estimate of drug-likeness (QED) is 0.656. The van der Waals surface area contributed by atoms with Gasteiger partial charge in [-0.05, 0) is 55.9 Å². The van der Waals surface area contributed by atoms with Crippen molar-refractivity contribution in [1.82, 2.24) is 14.9 Å². The second kappa shape index (κ2) is 8.75. The molecule has 1 unspecified atom stereocenters. The number of nitrogens with one attached hydrogen (secondary N) is 1. The summed E-state index contributed by atoms with van der Waals surface area (Å²) in [7, 11) is 0. The number of hydrogen-bond acceptors (Lipinski definition) is 5. The van der Waals surface area contributed by atoms with E-state index >= 15 is 0 Å². The van der Waals surface area contributed by atoms with Gasteiger partial charge in [0.25, 0.3) is 5.91 Å². The van der Waals surface area contributed by atoms with Gasteiger partial charge in [0.05, 0.1) is 18.3 Å². The van der Waals surface area contributed by atoms with Gasteiger partial charge in [-0.2, -0.15) is 0 Å². The second-order valence-corrected chi connectivity index (χ2v) is 9.33. The van der Waals surface area contributed by atoms with Crippen LogP contribution in [0.3, 0.4) is 0 Å². The van der Waals surface area contributed by atoms with Crippen molar-refractivity contribution in [2.24, 2.45) is 0 Å². The number of nitrogens with zero attached hydrogens (tertiary/aromatic N) is 3. The molecule has 4 heterocycles. The van der Waals surface area contributed by atoms with Crippen LogP contribution in [0.2, 0.25) is 0 Å². The van der Waals surface area contributed by atoms with Crippen LogP contribution in [0.1, 0.15) is 46.6 Å². The SMILES string of the molecule is Cc1cc(C(=O)NC2COc3ccccc3C2)n(Cc2csc(N3CCCCC3)n2)c1. The number of anilines is 1. The van der Waals surface area contributed by atoms with Crippen molar-refractivity contribution in [1.29, 1.82) is 0 Å². The van der Waals surface area contributed by atoms with Crippen LogP contribution in [0.4, 0.5) is 5.13 Å². The molecular formula is C24H28N4O2S. The van der Waals surface area contributed by atoms with Crippen LogP contribution in [0.25, 0.3) is 0 Å². The zero-order valence-electron chi connectivity index (χ0n) is 17.8. The van der Waals surface area contributed by atoms with E-state index in [4.69, 9.17) is 9.72 Å². The molecule has 162 valence electrons. The molecule has 1 saturated heterocycles. The Kier molecular flexibility index (Phi) is 5.68. The lowest BCUT2D eigenvalue weighted by Crippen LogP contribution is -2.43. The molecule has 0 spiro atoms. The summed E-state index contributed by atoms with van der Waals surface area (Å²) in [4.78, 5) is 20.3. The summed E-state index contributed by atoms with van der Waals surface area (Å²) in [5.74, 6) is 0.854. The highest BCUT2D eigenvalue weighted by Crippen LogP contribution is 2.26. The summed E-state index contributed by atoms with van der Waals surface area (Å²) < 4.78 is 7.84. The van der Waals surface area contributed by atoms with Crippen molar-refractivity contribution in [3.63, 3.8) is 0 Å². The molecule has 3 aromatic rings. The number of rotatable bonds is 5. The lowest BCUT2D eigenvalue weighted by atomic mass is 10.0. The van der Waals surface area contributed by atoms with Crippen LogP contribution in [0.5, 0.6) is 5.75 Å². The second-order valence-electron chi connectivity index (χ2n) is 8.49. The Labute approximate surface area is 186 Å². The monoisotopic (exact) mass is 436 g/mol. The van der Waals surface area contributed by atoms with E-state index in [1.165, 1.54) is 19.3 Å². The minimum absolute atomic E-state index is 0.0315. The molecule has 7 heteroatoms. The predicted octanol–water partition coefficient (Wildman–Crippen LogP) is 4.03. The number of para-hydroxylation sites is 1. The zero-order valence-corrected chi connectivity index (χ0v) is 18.7. The Morgan fingerprint density at radius 2 is 2.10 bits per heavy atom. The van der Waals surface area contributed by atoms with E-state index in [1.807, 2.05) is 42.0 Å². The number of carbonyl (C=O) groups is 1. The van der Waals surface area contributed by atoms with Crippen LogP contribution >= 0.6 is 11.3 Å². The highest BCUT2D eigenvalue weighted by molar-refractivity contribution is 7.13. The van der Waals surface area contributed by atoms with Gasteiger partial charge < -0.3 is 19.5 Å². The third-order valence-electron chi connectivity index (χ3n) is 5.98. The van der Waals surface area contributed by atoms with Gasteiger partial charge in [-0.25, -0.2) is 4.98 Å². The lowest BCUT2D eigenvalue weighted by Gasteiger charge is -2.26. The van der Waals surface area contributed by atoms with Gasteiger partial charge in [-0.1, -0.05) is 18.2 Å². The van der Waals surface area contributed by atoms with Crippen molar-refractivity contribution in [3.05, 3.63) is 64.4 Å². The van der Waals surface area contributed by atoms with E-state index < -0.39 is 0 Å². The van der Waals surface area contributed by atoms with Crippen LogP contribution in [0.15, 0.2) is 41.9 Å². The Morgan fingerprint density at radius 1 is 1.26 bits per heavy atom. The molecule has 0 bridgehead atoms. The van der Waals surface area contributed by atoms with Crippen LogP contribution in [-0.2, 0) is 13.0 Å². The third-order valence-corrected chi connectivity index (χ3v) is 6.93. The highest BCUT2D eigenvalue weighted by atomic mass is 32.1. The largest absolute Gasteiger partial charge is 0.491 e. The fraction of sp³-hybridized carbons (Fsp3) is 0.417. The number of thiazole rings is 1. The van der Waals surface area contributed by atoms with Crippen molar-refractivity contribution in [2.75, 3.05) is 24.6 Å². The summed E-state index contributed by atoms with van der Waals surface area (Å²) in [6.07, 6.45) is 6.61. The lowest BCUT2D eigenvalue weighted by molar-refractivity contribution is 0.0906. The molecule has 1 N–H and O–H groups in total. The number of aryl methyl sites for hydroxylation is 1. The summed E-state index contributed by atoms with van der Waals surface area (Å²) >= 11 is 1.70. The number of hydrogen-bond donors (Lipinski definition) is 1. The van der Waals surface area contributed by atoms with E-state index in [2.05, 4.69) is 21.7 Å². The van der Waals surface area contributed by atoms with E-state index in [1.54, 1.807) is 11.3 Å². The number of benzene rings is 1. The molecular weight excluding hydrogens is 408 g/mol. The Morgan fingerprint density at radius 3 is 2.97 bits per heavy atom. The molecule has 1 aromatic carbocycles. The summed E-state index contributed by atoms with van der Waals surface area (Å²) in [6.45, 7) is 5.30. The third kappa shape index (κ3) is 4.46. The summed E-state index contributed by atoms with van der Waals surface area (Å²) in [6, 6.07) is 9.94. The van der Waals surface area contributed by atoms with Gasteiger partial charge in [0, 0.05) is 24.7 Å². The molecule has 2 aliphatic rings. The normalized spacial score (nSPS) is 18.4. The van der Waals surface area contributed by atoms with Crippen molar-refractivity contribution < 1.29 is 9.53 Å². The Hall–Kier alpha value is -2.80. The van der Waals surface area contributed by atoms with Crippen molar-refractivity contribution >= 4 is 22.4 Å². The first-order valence-corrected chi connectivity index (χ1v) is 11.9. The van der Waals surface area contributed by atoms with Gasteiger partial charge in [0.15, 0.2) is 5.13 Å². The van der Waals surface area contributed by atoms with E-state index in [9.17, 15) is 4.79 Å². The molecule has 1 atom stereocenters. The van der Waals surface area contributed by atoms with E-state index in [0.717, 1.165) is 47.2 Å². The van der Waals surface area contributed by atoms with Crippen molar-refractivity contribution in [3.8, 4) is 5.75 Å². The van der Waals surface area contributed by atoms with Crippen LogP contribution in [-0.4, -0.2) is 41.2 Å². The van der Waals surface area contributed by atoms with Gasteiger partial charge in [-0.15, -0.1) is 11.3 Å². The number of ether oxygens (including phenoxy) is 1. The first-order valence-electron chi connectivity index (χ1n) is 11.0. The smallest absolute Gasteiger partial charge is 0.268 e. The Bertz CT molecular complexity index is 1070. The van der Waals surface area contributed by atoms with Gasteiger partial charge >= 0.3 is 0 Å². The van der Waals surface area contributed by atoms with Gasteiger partial charge in [0.1, 0.15) is 18.1 Å². The molecule has 0 saturated carbocycles. The molecule has 6 nitrogen and oxygen atoms in total. The Balaban J connectivity index is 1.27. The average Bonchev–Trinajstić information content (AvgIpc) is 3.41. The number of amides is 1. The van der Waals surface area contributed by atoms with Crippen LogP contribution < -0.4 is 15.0 Å². The first kappa shape index (κ1) is 20.1.